The molecule has 0 spiro atoms. The quantitative estimate of drug-likeness (QED) is 0.486. The number of halogens is 2. The van der Waals surface area contributed by atoms with Crippen molar-refractivity contribution in [1.29, 1.82) is 0 Å². The van der Waals surface area contributed by atoms with Crippen LogP contribution in [0.2, 0.25) is 5.02 Å². The normalized spacial score (nSPS) is 17.0. The molecular weight excluding hydrogens is 365 g/mol. The summed E-state index contributed by atoms with van der Waals surface area (Å²) in [7, 11) is 0. The molecule has 1 fully saturated rings. The Labute approximate surface area is 125 Å². The van der Waals surface area contributed by atoms with Crippen molar-refractivity contribution in [1.82, 2.24) is 4.90 Å². The summed E-state index contributed by atoms with van der Waals surface area (Å²) >= 11 is 8.17. The molecule has 0 amide bonds. The summed E-state index contributed by atoms with van der Waals surface area (Å²) in [5, 5.41) is 0.744. The zero-order chi connectivity index (χ0) is 13.0. The van der Waals surface area contributed by atoms with Crippen LogP contribution in [0.15, 0.2) is 23.2 Å². The summed E-state index contributed by atoms with van der Waals surface area (Å²) in [6, 6.07) is 5.79. The molecule has 0 atom stereocenters. The largest absolute Gasteiger partial charge is 0.378 e. The fourth-order valence-electron chi connectivity index (χ4n) is 1.71. The predicted octanol–water partition coefficient (Wildman–Crippen LogP) is 2.09. The Morgan fingerprint density at radius 3 is 2.83 bits per heavy atom. The number of guanidine groups is 1. The second-order valence-corrected chi connectivity index (χ2v) is 5.61. The van der Waals surface area contributed by atoms with Gasteiger partial charge in [0, 0.05) is 21.7 Å². The summed E-state index contributed by atoms with van der Waals surface area (Å²) in [6.45, 7) is 3.64. The molecule has 98 valence electrons. The van der Waals surface area contributed by atoms with Gasteiger partial charge >= 0.3 is 0 Å². The summed E-state index contributed by atoms with van der Waals surface area (Å²) in [5.41, 5.74) is 7.10. The molecule has 0 saturated carbocycles. The Kier molecular flexibility index (Phi) is 5.08. The van der Waals surface area contributed by atoms with Crippen molar-refractivity contribution in [2.45, 2.75) is 6.54 Å². The van der Waals surface area contributed by atoms with Crippen LogP contribution in [0.4, 0.5) is 0 Å². The first-order chi connectivity index (χ1) is 8.66. The molecule has 0 radical (unpaired) electrons. The molecule has 0 aliphatic carbocycles. The number of ether oxygens (including phenoxy) is 1. The predicted molar refractivity (Wildman–Crippen MR) is 81.9 cm³/mol. The summed E-state index contributed by atoms with van der Waals surface area (Å²) in [4.78, 5) is 6.47. The van der Waals surface area contributed by atoms with E-state index in [9.17, 15) is 0 Å². The van der Waals surface area contributed by atoms with Crippen LogP contribution in [0.3, 0.4) is 0 Å². The van der Waals surface area contributed by atoms with Crippen molar-refractivity contribution in [3.63, 3.8) is 0 Å². The van der Waals surface area contributed by atoms with Crippen molar-refractivity contribution in [3.05, 3.63) is 32.4 Å². The number of nitrogens with two attached hydrogens (primary N) is 1. The van der Waals surface area contributed by atoms with E-state index in [4.69, 9.17) is 22.1 Å². The molecule has 6 heteroatoms. The molecule has 1 aromatic rings. The maximum absolute atomic E-state index is 5.97. The molecular formula is C12H15ClIN3O. The fourth-order valence-corrected chi connectivity index (χ4v) is 2.75. The van der Waals surface area contributed by atoms with Gasteiger partial charge in [-0.05, 0) is 40.3 Å². The Bertz CT molecular complexity index is 447. The van der Waals surface area contributed by atoms with Crippen LogP contribution in [0, 0.1) is 3.57 Å². The summed E-state index contributed by atoms with van der Waals surface area (Å²) in [5.74, 6) is 0.587. The third kappa shape index (κ3) is 3.73. The van der Waals surface area contributed by atoms with Crippen molar-refractivity contribution < 1.29 is 4.74 Å². The lowest BCUT2D eigenvalue weighted by Crippen LogP contribution is -2.44. The first-order valence-electron chi connectivity index (χ1n) is 5.73. The van der Waals surface area contributed by atoms with Gasteiger partial charge in [0.15, 0.2) is 5.96 Å². The fraction of sp³-hybridized carbons (Fsp3) is 0.417. The molecule has 18 heavy (non-hydrogen) atoms. The highest BCUT2D eigenvalue weighted by Crippen LogP contribution is 2.18. The number of rotatable bonds is 2. The molecule has 2 rings (SSSR count). The molecule has 4 nitrogen and oxygen atoms in total. The number of benzene rings is 1. The number of nitrogens with zero attached hydrogens (tertiary/aromatic N) is 2. The number of hydrogen-bond acceptors (Lipinski definition) is 2. The van der Waals surface area contributed by atoms with E-state index in [1.165, 1.54) is 0 Å². The first-order valence-corrected chi connectivity index (χ1v) is 7.19. The van der Waals surface area contributed by atoms with Gasteiger partial charge < -0.3 is 15.4 Å². The monoisotopic (exact) mass is 379 g/mol. The van der Waals surface area contributed by atoms with Gasteiger partial charge in [-0.2, -0.15) is 0 Å². The van der Waals surface area contributed by atoms with E-state index in [0.29, 0.717) is 25.7 Å². The lowest BCUT2D eigenvalue weighted by molar-refractivity contribution is 0.0674. The Morgan fingerprint density at radius 1 is 1.44 bits per heavy atom. The molecule has 0 aromatic heterocycles. The van der Waals surface area contributed by atoms with Crippen molar-refractivity contribution in [2.75, 3.05) is 26.3 Å². The highest BCUT2D eigenvalue weighted by Gasteiger charge is 2.12. The van der Waals surface area contributed by atoms with Crippen LogP contribution in [0.25, 0.3) is 0 Å². The Balaban J connectivity index is 2.00. The van der Waals surface area contributed by atoms with E-state index in [2.05, 4.69) is 27.6 Å². The van der Waals surface area contributed by atoms with Crippen LogP contribution in [0.1, 0.15) is 5.56 Å². The highest BCUT2D eigenvalue weighted by molar-refractivity contribution is 14.1. The average molecular weight is 380 g/mol. The van der Waals surface area contributed by atoms with Crippen LogP contribution >= 0.6 is 34.2 Å². The van der Waals surface area contributed by atoms with E-state index < -0.39 is 0 Å². The van der Waals surface area contributed by atoms with Gasteiger partial charge in [0.1, 0.15) is 0 Å². The Morgan fingerprint density at radius 2 is 2.17 bits per heavy atom. The SMILES string of the molecule is NC(=NCc1ccc(Cl)cc1I)N1CCOCC1. The lowest BCUT2D eigenvalue weighted by Gasteiger charge is -2.27. The second kappa shape index (κ2) is 6.58. The number of hydrogen-bond donors (Lipinski definition) is 1. The van der Waals surface area contributed by atoms with Gasteiger partial charge in [-0.15, -0.1) is 0 Å². The Hall–Kier alpha value is -0.530. The minimum absolute atomic E-state index is 0.582. The molecule has 0 bridgehead atoms. The van der Waals surface area contributed by atoms with E-state index in [1.54, 1.807) is 0 Å². The van der Waals surface area contributed by atoms with Gasteiger partial charge in [0.2, 0.25) is 0 Å². The summed E-state index contributed by atoms with van der Waals surface area (Å²) < 4.78 is 6.39. The molecule has 1 aliphatic rings. The van der Waals surface area contributed by atoms with Gasteiger partial charge in [-0.25, -0.2) is 4.99 Å². The number of aliphatic imine (C=N–C) groups is 1. The maximum atomic E-state index is 5.97. The second-order valence-electron chi connectivity index (χ2n) is 4.01. The maximum Gasteiger partial charge on any atom is 0.191 e. The van der Waals surface area contributed by atoms with E-state index in [1.807, 2.05) is 23.1 Å². The topological polar surface area (TPSA) is 50.8 Å². The molecule has 1 aromatic carbocycles. The first kappa shape index (κ1) is 13.9. The van der Waals surface area contributed by atoms with Crippen LogP contribution in [0.5, 0.6) is 0 Å². The highest BCUT2D eigenvalue weighted by atomic mass is 127. The minimum Gasteiger partial charge on any atom is -0.378 e. The zero-order valence-corrected chi connectivity index (χ0v) is 12.8. The summed E-state index contributed by atoms with van der Waals surface area (Å²) in [6.07, 6.45) is 0. The molecule has 1 aliphatic heterocycles. The van der Waals surface area contributed by atoms with Crippen molar-refractivity contribution in [2.24, 2.45) is 10.7 Å². The lowest BCUT2D eigenvalue weighted by atomic mass is 10.2. The van der Waals surface area contributed by atoms with Crippen molar-refractivity contribution >= 4 is 40.2 Å². The van der Waals surface area contributed by atoms with Gasteiger partial charge in [-0.1, -0.05) is 17.7 Å². The van der Waals surface area contributed by atoms with Gasteiger partial charge in [0.05, 0.1) is 19.8 Å². The third-order valence-electron chi connectivity index (χ3n) is 2.76. The van der Waals surface area contributed by atoms with E-state index in [0.717, 1.165) is 27.2 Å². The van der Waals surface area contributed by atoms with Crippen molar-refractivity contribution in [3.8, 4) is 0 Å². The smallest absolute Gasteiger partial charge is 0.191 e. The molecule has 1 heterocycles. The standard InChI is InChI=1S/C12H15ClIN3O/c13-10-2-1-9(11(14)7-10)8-16-12(15)17-3-5-18-6-4-17/h1-2,7H,3-6,8H2,(H2,15,16). The van der Waals surface area contributed by atoms with Crippen LogP contribution in [-0.2, 0) is 11.3 Å². The third-order valence-corrected chi connectivity index (χ3v) is 4.00. The zero-order valence-electron chi connectivity index (χ0n) is 9.90. The van der Waals surface area contributed by atoms with Gasteiger partial charge in [0.25, 0.3) is 0 Å². The van der Waals surface area contributed by atoms with Crippen LogP contribution in [-0.4, -0.2) is 37.2 Å². The van der Waals surface area contributed by atoms with E-state index >= 15 is 0 Å². The van der Waals surface area contributed by atoms with Gasteiger partial charge in [-0.3, -0.25) is 0 Å². The molecule has 2 N–H and O–H groups in total. The molecule has 1 saturated heterocycles. The van der Waals surface area contributed by atoms with Crippen LogP contribution < -0.4 is 5.73 Å². The van der Waals surface area contributed by atoms with E-state index in [-0.39, 0.29) is 0 Å². The average Bonchev–Trinajstić information content (AvgIpc) is 2.38. The number of morpholine rings is 1. The minimum atomic E-state index is 0.582. The molecule has 0 unspecified atom stereocenters.